The zero-order chi connectivity index (χ0) is 25.2. The number of carbonyl (C=O) groups is 1. The highest BCUT2D eigenvalue weighted by atomic mass is 35.5. The molecule has 35 heavy (non-hydrogen) atoms. The van der Waals surface area contributed by atoms with Crippen molar-refractivity contribution in [3.05, 3.63) is 76.3 Å². The van der Waals surface area contributed by atoms with Crippen LogP contribution in [0.5, 0.6) is 0 Å². The summed E-state index contributed by atoms with van der Waals surface area (Å²) in [5.74, 6) is 0.417. The van der Waals surface area contributed by atoms with E-state index in [-0.39, 0.29) is 6.04 Å². The summed E-state index contributed by atoms with van der Waals surface area (Å²) in [6.07, 6.45) is 8.39. The third-order valence-electron chi connectivity index (χ3n) is 6.92. The number of rotatable bonds is 12. The van der Waals surface area contributed by atoms with Crippen LogP contribution in [-0.4, -0.2) is 49.4 Å². The van der Waals surface area contributed by atoms with E-state index in [1.165, 1.54) is 35.2 Å². The van der Waals surface area contributed by atoms with Crippen molar-refractivity contribution < 1.29 is 4.79 Å². The van der Waals surface area contributed by atoms with Gasteiger partial charge >= 0.3 is 0 Å². The molecule has 0 aliphatic carbocycles. The number of aldehydes is 1. The summed E-state index contributed by atoms with van der Waals surface area (Å²) >= 11 is 6.02. The number of nitrogens with zero attached hydrogens (tertiary/aromatic N) is 2. The normalized spacial score (nSPS) is 18.0. The van der Waals surface area contributed by atoms with Crippen LogP contribution in [0.4, 0.5) is 5.69 Å². The second kappa shape index (κ2) is 13.8. The van der Waals surface area contributed by atoms with E-state index in [0.717, 1.165) is 56.8 Å². The van der Waals surface area contributed by atoms with Gasteiger partial charge in [0, 0.05) is 36.4 Å². The Kier molecular flexibility index (Phi) is 10.8. The van der Waals surface area contributed by atoms with Crippen LogP contribution in [0.25, 0.3) is 0 Å². The number of benzene rings is 2. The lowest BCUT2D eigenvalue weighted by molar-refractivity contribution is -0.109. The van der Waals surface area contributed by atoms with Crippen LogP contribution in [-0.2, 0) is 17.6 Å². The summed E-state index contributed by atoms with van der Waals surface area (Å²) in [6, 6.07) is 17.4. The number of piperidine rings is 1. The zero-order valence-electron chi connectivity index (χ0n) is 21.6. The number of likely N-dealkylation sites (tertiary alicyclic amines) is 1. The third-order valence-corrected chi connectivity index (χ3v) is 7.17. The summed E-state index contributed by atoms with van der Waals surface area (Å²) in [7, 11) is 0. The van der Waals surface area contributed by atoms with E-state index in [1.54, 1.807) is 0 Å². The predicted molar refractivity (Wildman–Crippen MR) is 149 cm³/mol. The molecule has 1 fully saturated rings. The molecule has 0 saturated carbocycles. The number of nitrogens with two attached hydrogens (primary N) is 1. The number of hydrogen-bond donors (Lipinski definition) is 1. The Labute approximate surface area is 217 Å². The second-order valence-electron chi connectivity index (χ2n) is 10.4. The highest BCUT2D eigenvalue weighted by Crippen LogP contribution is 2.25. The Morgan fingerprint density at radius 1 is 1.11 bits per heavy atom. The molecule has 2 N–H and O–H groups in total. The average molecular weight is 496 g/mol. The molecule has 190 valence electrons. The van der Waals surface area contributed by atoms with E-state index in [9.17, 15) is 4.79 Å². The molecule has 1 saturated heterocycles. The van der Waals surface area contributed by atoms with Crippen LogP contribution in [0.15, 0.2) is 60.2 Å². The maximum Gasteiger partial charge on any atom is 0.136 e. The third kappa shape index (κ3) is 9.10. The van der Waals surface area contributed by atoms with Crippen molar-refractivity contribution in [3.63, 3.8) is 0 Å². The summed E-state index contributed by atoms with van der Waals surface area (Å²) in [6.45, 7) is 10.6. The molecule has 1 aliphatic heterocycles. The molecule has 3 rings (SSSR count). The van der Waals surface area contributed by atoms with Crippen LogP contribution < -0.4 is 10.6 Å². The van der Waals surface area contributed by atoms with E-state index >= 15 is 0 Å². The van der Waals surface area contributed by atoms with Gasteiger partial charge in [0.15, 0.2) is 0 Å². The largest absolute Gasteiger partial charge is 0.364 e. The van der Waals surface area contributed by atoms with Gasteiger partial charge in [-0.2, -0.15) is 0 Å². The summed E-state index contributed by atoms with van der Waals surface area (Å²) < 4.78 is 0. The van der Waals surface area contributed by atoms with Gasteiger partial charge in [0.05, 0.1) is 6.04 Å². The second-order valence-corrected chi connectivity index (χ2v) is 10.9. The van der Waals surface area contributed by atoms with Crippen molar-refractivity contribution in [1.29, 1.82) is 0 Å². The number of anilines is 1. The van der Waals surface area contributed by atoms with Crippen molar-refractivity contribution >= 4 is 23.6 Å². The molecule has 2 aromatic rings. The molecule has 0 bridgehead atoms. The summed E-state index contributed by atoms with van der Waals surface area (Å²) in [5.41, 5.74) is 11.2. The molecule has 0 amide bonds. The van der Waals surface area contributed by atoms with Crippen LogP contribution >= 0.6 is 11.6 Å². The molecule has 0 spiro atoms. The molecular formula is C30H42ClN3O. The molecule has 0 aromatic heterocycles. The maximum absolute atomic E-state index is 11.0. The minimum atomic E-state index is -0.349. The van der Waals surface area contributed by atoms with Gasteiger partial charge in [-0.15, -0.1) is 0 Å². The number of hydrogen-bond acceptors (Lipinski definition) is 4. The van der Waals surface area contributed by atoms with E-state index < -0.39 is 0 Å². The van der Waals surface area contributed by atoms with Gasteiger partial charge in [-0.05, 0) is 93.8 Å². The van der Waals surface area contributed by atoms with Crippen molar-refractivity contribution in [1.82, 2.24) is 4.90 Å². The fraction of sp³-hybridized carbons (Fsp3) is 0.500. The first kappa shape index (κ1) is 27.4. The van der Waals surface area contributed by atoms with E-state index in [1.807, 2.05) is 12.1 Å². The maximum atomic E-state index is 11.0. The minimum Gasteiger partial charge on any atom is -0.364 e. The number of halogens is 1. The SMILES string of the molecule is CC(C)=CCN(c1ccc(CCc2ccc(Cl)cc2)cc1)C1CCCN(CC(C)CC(N)C=O)C1. The fourth-order valence-electron chi connectivity index (χ4n) is 5.03. The lowest BCUT2D eigenvalue weighted by Crippen LogP contribution is -2.49. The van der Waals surface area contributed by atoms with Crippen LogP contribution in [0.1, 0.15) is 51.2 Å². The first-order chi connectivity index (χ1) is 16.8. The first-order valence-corrected chi connectivity index (χ1v) is 13.4. The molecule has 2 aromatic carbocycles. The monoisotopic (exact) mass is 495 g/mol. The Balaban J connectivity index is 1.65. The summed E-state index contributed by atoms with van der Waals surface area (Å²) in [4.78, 5) is 16.1. The van der Waals surface area contributed by atoms with E-state index in [0.29, 0.717) is 12.0 Å². The molecule has 1 aliphatic rings. The zero-order valence-corrected chi connectivity index (χ0v) is 22.4. The number of allylic oxidation sites excluding steroid dienone is 1. The van der Waals surface area contributed by atoms with Crippen molar-refractivity contribution in [2.75, 3.05) is 31.1 Å². The topological polar surface area (TPSA) is 49.6 Å². The lowest BCUT2D eigenvalue weighted by Gasteiger charge is -2.41. The van der Waals surface area contributed by atoms with Gasteiger partial charge in [-0.25, -0.2) is 0 Å². The summed E-state index contributed by atoms with van der Waals surface area (Å²) in [5, 5.41) is 0.787. The Morgan fingerprint density at radius 3 is 2.34 bits per heavy atom. The molecule has 1 heterocycles. The molecule has 4 nitrogen and oxygen atoms in total. The Bertz CT molecular complexity index is 937. The first-order valence-electron chi connectivity index (χ1n) is 13.0. The van der Waals surface area contributed by atoms with Gasteiger partial charge in [0.2, 0.25) is 0 Å². The van der Waals surface area contributed by atoms with Gasteiger partial charge in [-0.3, -0.25) is 0 Å². The number of carbonyl (C=O) groups excluding carboxylic acids is 1. The quantitative estimate of drug-likeness (QED) is 0.293. The van der Waals surface area contributed by atoms with Gasteiger partial charge in [-0.1, -0.05) is 54.4 Å². The number of aryl methyl sites for hydroxylation is 2. The van der Waals surface area contributed by atoms with Gasteiger partial charge in [0.1, 0.15) is 6.29 Å². The fourth-order valence-corrected chi connectivity index (χ4v) is 5.15. The molecule has 3 unspecified atom stereocenters. The van der Waals surface area contributed by atoms with Crippen LogP contribution in [0, 0.1) is 5.92 Å². The van der Waals surface area contributed by atoms with Crippen molar-refractivity contribution in [3.8, 4) is 0 Å². The molecule has 0 radical (unpaired) electrons. The highest BCUT2D eigenvalue weighted by molar-refractivity contribution is 6.30. The van der Waals surface area contributed by atoms with Gasteiger partial charge in [0.25, 0.3) is 0 Å². The molecule has 3 atom stereocenters. The predicted octanol–water partition coefficient (Wildman–Crippen LogP) is 5.91. The lowest BCUT2D eigenvalue weighted by atomic mass is 9.98. The average Bonchev–Trinajstić information content (AvgIpc) is 2.84. The van der Waals surface area contributed by atoms with E-state index in [4.69, 9.17) is 17.3 Å². The standard InChI is InChI=1S/C30H42ClN3O/c1-23(2)16-18-34(30-5-4-17-33(21-30)20-24(3)19-28(32)22-35)29-14-10-26(11-15-29)7-6-25-8-12-27(31)13-9-25/h8-16,22,24,28,30H,4-7,17-21,32H2,1-3H3. The molecule has 5 heteroatoms. The Hall–Kier alpha value is -2.14. The van der Waals surface area contributed by atoms with Crippen molar-refractivity contribution in [2.45, 2.75) is 65.0 Å². The highest BCUT2D eigenvalue weighted by Gasteiger charge is 2.26. The van der Waals surface area contributed by atoms with Gasteiger partial charge < -0.3 is 20.3 Å². The van der Waals surface area contributed by atoms with Crippen molar-refractivity contribution in [2.24, 2.45) is 11.7 Å². The van der Waals surface area contributed by atoms with Crippen LogP contribution in [0.3, 0.4) is 0 Å². The minimum absolute atomic E-state index is 0.349. The van der Waals surface area contributed by atoms with Crippen LogP contribution in [0.2, 0.25) is 5.02 Å². The molecular weight excluding hydrogens is 454 g/mol. The van der Waals surface area contributed by atoms with E-state index in [2.05, 4.69) is 73.0 Å². The smallest absolute Gasteiger partial charge is 0.136 e. The Morgan fingerprint density at radius 2 is 1.74 bits per heavy atom.